The van der Waals surface area contributed by atoms with E-state index in [1.807, 2.05) is 0 Å². The molecule has 1 heterocycles. The maximum atomic E-state index is 2.47. The van der Waals surface area contributed by atoms with Crippen molar-refractivity contribution in [2.24, 2.45) is 0 Å². The molecular weight excluding hydrogens is 629 g/mol. The van der Waals surface area contributed by atoms with Gasteiger partial charge in [-0.15, -0.1) is 0 Å². The van der Waals surface area contributed by atoms with Crippen molar-refractivity contribution < 1.29 is 0 Å². The molecule has 1 aromatic heterocycles. The topological polar surface area (TPSA) is 8.17 Å². The second kappa shape index (κ2) is 11.3. The molecule has 0 radical (unpaired) electrons. The third-order valence-electron chi connectivity index (χ3n) is 10.9. The summed E-state index contributed by atoms with van der Waals surface area (Å²) in [5.74, 6) is 0. The Balaban J connectivity index is 1.26. The summed E-state index contributed by atoms with van der Waals surface area (Å²) < 4.78 is 2.44. The van der Waals surface area contributed by atoms with Crippen LogP contribution in [0.3, 0.4) is 0 Å². The monoisotopic (exact) mass is 660 g/mol. The van der Waals surface area contributed by atoms with Gasteiger partial charge in [0.2, 0.25) is 0 Å². The quantitative estimate of drug-likeness (QED) is 0.171. The smallest absolute Gasteiger partial charge is 0.0782 e. The minimum atomic E-state index is 1.12. The molecule has 0 aliphatic carbocycles. The highest BCUT2D eigenvalue weighted by Crippen LogP contribution is 2.45. The average Bonchev–Trinajstić information content (AvgIpc) is 3.56. The van der Waals surface area contributed by atoms with E-state index in [4.69, 9.17) is 0 Å². The van der Waals surface area contributed by atoms with Gasteiger partial charge < -0.3 is 9.47 Å². The molecule has 0 aliphatic heterocycles. The van der Waals surface area contributed by atoms with Gasteiger partial charge in [-0.25, -0.2) is 0 Å². The first-order chi connectivity index (χ1) is 25.8. The molecule has 0 saturated heterocycles. The van der Waals surface area contributed by atoms with Crippen LogP contribution in [0.5, 0.6) is 0 Å². The molecule has 0 spiro atoms. The number of fused-ring (bicyclic) bond motifs is 11. The minimum Gasteiger partial charge on any atom is -0.308 e. The zero-order valence-electron chi connectivity index (χ0n) is 28.4. The number of benzene rings is 10. The molecule has 0 amide bonds. The summed E-state index contributed by atoms with van der Waals surface area (Å²) in [6.45, 7) is 0. The third-order valence-corrected chi connectivity index (χ3v) is 10.9. The van der Waals surface area contributed by atoms with Gasteiger partial charge in [-0.1, -0.05) is 146 Å². The van der Waals surface area contributed by atoms with Gasteiger partial charge in [0.25, 0.3) is 0 Å². The molecule has 10 aromatic carbocycles. The van der Waals surface area contributed by atoms with Crippen molar-refractivity contribution in [2.75, 3.05) is 4.90 Å². The first-order valence-electron chi connectivity index (χ1n) is 17.9. The van der Waals surface area contributed by atoms with Crippen molar-refractivity contribution in [3.05, 3.63) is 194 Å². The van der Waals surface area contributed by atoms with Crippen molar-refractivity contribution in [3.63, 3.8) is 0 Å². The Labute approximate surface area is 301 Å². The molecule has 11 aromatic rings. The lowest BCUT2D eigenvalue weighted by Gasteiger charge is -2.28. The molecule has 2 nitrogen and oxygen atoms in total. The van der Waals surface area contributed by atoms with Crippen LogP contribution in [0.25, 0.3) is 81.4 Å². The van der Waals surface area contributed by atoms with Gasteiger partial charge in [-0.05, 0) is 102 Å². The van der Waals surface area contributed by atoms with Gasteiger partial charge in [-0.2, -0.15) is 0 Å². The summed E-state index contributed by atoms with van der Waals surface area (Å²) in [4.78, 5) is 2.47. The van der Waals surface area contributed by atoms with Gasteiger partial charge in [-0.3, -0.25) is 0 Å². The number of hydrogen-bond donors (Lipinski definition) is 0. The summed E-state index contributed by atoms with van der Waals surface area (Å²) >= 11 is 0. The number of aromatic nitrogens is 1. The van der Waals surface area contributed by atoms with E-state index in [0.717, 1.165) is 22.7 Å². The number of nitrogens with zero attached hydrogens (tertiary/aromatic N) is 2. The predicted molar refractivity (Wildman–Crippen MR) is 223 cm³/mol. The second-order valence-corrected chi connectivity index (χ2v) is 13.7. The van der Waals surface area contributed by atoms with Crippen LogP contribution in [0.1, 0.15) is 0 Å². The molecule has 0 aliphatic rings. The number of para-hydroxylation sites is 3. The molecule has 52 heavy (non-hydrogen) atoms. The zero-order valence-corrected chi connectivity index (χ0v) is 28.4. The molecule has 0 atom stereocenters. The van der Waals surface area contributed by atoms with Crippen molar-refractivity contribution in [1.82, 2.24) is 4.57 Å². The zero-order chi connectivity index (χ0) is 34.2. The number of hydrogen-bond acceptors (Lipinski definition) is 1. The van der Waals surface area contributed by atoms with E-state index in [0.29, 0.717) is 0 Å². The Kier molecular flexibility index (Phi) is 6.28. The lowest BCUT2D eigenvalue weighted by Crippen LogP contribution is -2.12. The van der Waals surface area contributed by atoms with Gasteiger partial charge in [0.1, 0.15) is 0 Å². The van der Waals surface area contributed by atoms with Gasteiger partial charge in [0.05, 0.1) is 16.7 Å². The number of anilines is 3. The van der Waals surface area contributed by atoms with Crippen LogP contribution in [0.4, 0.5) is 17.1 Å². The van der Waals surface area contributed by atoms with Crippen LogP contribution in [-0.2, 0) is 0 Å². The van der Waals surface area contributed by atoms with Gasteiger partial charge in [0.15, 0.2) is 0 Å². The summed E-state index contributed by atoms with van der Waals surface area (Å²) in [6.07, 6.45) is 0. The van der Waals surface area contributed by atoms with Gasteiger partial charge >= 0.3 is 0 Å². The lowest BCUT2D eigenvalue weighted by molar-refractivity contribution is 1.17. The maximum Gasteiger partial charge on any atom is 0.0782 e. The Hall–Kier alpha value is -6.90. The molecule has 11 rings (SSSR count). The van der Waals surface area contributed by atoms with E-state index in [-0.39, 0.29) is 0 Å². The molecule has 242 valence electrons. The minimum absolute atomic E-state index is 1.12. The second-order valence-electron chi connectivity index (χ2n) is 13.7. The van der Waals surface area contributed by atoms with Crippen LogP contribution in [0.2, 0.25) is 0 Å². The number of rotatable bonds is 4. The Bertz CT molecular complexity index is 3190. The normalized spacial score (nSPS) is 11.8. The average molecular weight is 661 g/mol. The SMILES string of the molecule is c1ccc(-n2c3ccccc3c3cccc(N(c4ccc5ccc6ccccc6c5c4)c4ccc5ccc6c7ccccc7ccc6c5c4)c32)cc1. The van der Waals surface area contributed by atoms with Crippen molar-refractivity contribution in [3.8, 4) is 5.69 Å². The molecule has 0 fully saturated rings. The summed E-state index contributed by atoms with van der Waals surface area (Å²) in [7, 11) is 0. The summed E-state index contributed by atoms with van der Waals surface area (Å²) in [6, 6.07) is 71.2. The Morgan fingerprint density at radius 3 is 1.48 bits per heavy atom. The van der Waals surface area contributed by atoms with Crippen molar-refractivity contribution >= 4 is 92.7 Å². The fourth-order valence-corrected chi connectivity index (χ4v) is 8.53. The third kappa shape index (κ3) is 4.31. The highest BCUT2D eigenvalue weighted by atomic mass is 15.2. The molecular formula is C50H32N2. The van der Waals surface area contributed by atoms with Crippen LogP contribution in [-0.4, -0.2) is 4.57 Å². The van der Waals surface area contributed by atoms with Crippen LogP contribution in [0.15, 0.2) is 194 Å². The predicted octanol–water partition coefficient (Wildman–Crippen LogP) is 14.0. The molecule has 2 heteroatoms. The van der Waals surface area contributed by atoms with Crippen LogP contribution >= 0.6 is 0 Å². The molecule has 0 N–H and O–H groups in total. The Morgan fingerprint density at radius 2 is 0.788 bits per heavy atom. The largest absolute Gasteiger partial charge is 0.308 e. The summed E-state index contributed by atoms with van der Waals surface area (Å²) in [5.41, 5.74) is 6.87. The van der Waals surface area contributed by atoms with E-state index in [9.17, 15) is 0 Å². The lowest BCUT2D eigenvalue weighted by atomic mass is 9.96. The van der Waals surface area contributed by atoms with E-state index in [1.165, 1.54) is 75.7 Å². The van der Waals surface area contributed by atoms with Crippen molar-refractivity contribution in [1.29, 1.82) is 0 Å². The van der Waals surface area contributed by atoms with E-state index >= 15 is 0 Å². The molecule has 0 unspecified atom stereocenters. The highest BCUT2D eigenvalue weighted by molar-refractivity contribution is 6.19. The maximum absolute atomic E-state index is 2.47. The first-order valence-corrected chi connectivity index (χ1v) is 17.9. The Morgan fingerprint density at radius 1 is 0.308 bits per heavy atom. The highest BCUT2D eigenvalue weighted by Gasteiger charge is 2.22. The van der Waals surface area contributed by atoms with Crippen LogP contribution in [0, 0.1) is 0 Å². The van der Waals surface area contributed by atoms with E-state index in [1.54, 1.807) is 0 Å². The fourth-order valence-electron chi connectivity index (χ4n) is 8.53. The van der Waals surface area contributed by atoms with E-state index in [2.05, 4.69) is 204 Å². The summed E-state index contributed by atoms with van der Waals surface area (Å²) in [5, 5.41) is 15.0. The van der Waals surface area contributed by atoms with Crippen molar-refractivity contribution in [2.45, 2.75) is 0 Å². The van der Waals surface area contributed by atoms with E-state index < -0.39 is 0 Å². The standard InChI is InChI=1S/C50H32N2/c1-2-13-37(14-3-1)52-48-19-9-8-17-44(48)45-18-10-20-49(50(45)52)51(38-27-23-35-22-21-33-11-5-7-16-41(33)46(35)31-38)39-28-24-36-26-29-42-40-15-6-4-12-34(40)25-30-43(42)47(36)32-39/h1-32H. The fraction of sp³-hybridized carbons (Fsp3) is 0. The van der Waals surface area contributed by atoms with Crippen LogP contribution < -0.4 is 4.90 Å². The first kappa shape index (κ1) is 28.9. The molecule has 0 saturated carbocycles. The molecule has 0 bridgehead atoms. The van der Waals surface area contributed by atoms with Gasteiger partial charge in [0, 0.05) is 27.8 Å².